The summed E-state index contributed by atoms with van der Waals surface area (Å²) in [5.41, 5.74) is 4.92. The molecule has 5 nitrogen and oxygen atoms in total. The summed E-state index contributed by atoms with van der Waals surface area (Å²) in [7, 11) is -3.76. The van der Waals surface area contributed by atoms with Crippen LogP contribution in [-0.4, -0.2) is 27.2 Å². The molecule has 7 heteroatoms. The second-order valence-electron chi connectivity index (χ2n) is 4.96. The molecule has 0 amide bonds. The van der Waals surface area contributed by atoms with Crippen LogP contribution < -0.4 is 10.5 Å². The van der Waals surface area contributed by atoms with Gasteiger partial charge in [-0.05, 0) is 38.0 Å². The fraction of sp³-hybridized carbons (Fsp3) is 0.500. The Labute approximate surface area is 112 Å². The van der Waals surface area contributed by atoms with Crippen LogP contribution in [-0.2, 0) is 14.8 Å². The van der Waals surface area contributed by atoms with Crippen molar-refractivity contribution in [3.63, 3.8) is 0 Å². The number of halogens is 1. The Bertz CT molecular complexity index is 568. The Hall–Kier alpha value is -1.18. The maximum Gasteiger partial charge on any atom is 0.243 e. The molecule has 0 aliphatic carbocycles. The van der Waals surface area contributed by atoms with E-state index in [1.807, 2.05) is 6.92 Å². The molecule has 0 spiro atoms. The van der Waals surface area contributed by atoms with Gasteiger partial charge in [-0.2, -0.15) is 0 Å². The molecule has 0 radical (unpaired) electrons. The van der Waals surface area contributed by atoms with Crippen molar-refractivity contribution in [3.05, 3.63) is 24.0 Å². The number of ether oxygens (including phenoxy) is 1. The molecule has 1 heterocycles. The summed E-state index contributed by atoms with van der Waals surface area (Å²) in [5.74, 6) is -0.561. The predicted octanol–water partition coefficient (Wildman–Crippen LogP) is 1.26. The minimum absolute atomic E-state index is 0.0943. The summed E-state index contributed by atoms with van der Waals surface area (Å²) in [6, 6.07) is 3.26. The SMILES string of the molecule is CC1(NS(=O)(=O)c2ccc(F)cc2N)CCOCC1. The second-order valence-corrected chi connectivity index (χ2v) is 6.61. The minimum Gasteiger partial charge on any atom is -0.398 e. The second kappa shape index (κ2) is 5.07. The van der Waals surface area contributed by atoms with E-state index in [0.717, 1.165) is 12.1 Å². The lowest BCUT2D eigenvalue weighted by atomic mass is 9.94. The third-order valence-electron chi connectivity index (χ3n) is 3.24. The Balaban J connectivity index is 2.27. The summed E-state index contributed by atoms with van der Waals surface area (Å²) in [5, 5.41) is 0. The molecule has 106 valence electrons. The van der Waals surface area contributed by atoms with Crippen molar-refractivity contribution in [2.24, 2.45) is 0 Å². The first-order chi connectivity index (χ1) is 8.82. The molecular weight excluding hydrogens is 271 g/mol. The van der Waals surface area contributed by atoms with Gasteiger partial charge in [-0.25, -0.2) is 17.5 Å². The maximum atomic E-state index is 13.0. The van der Waals surface area contributed by atoms with Crippen LogP contribution in [0, 0.1) is 5.82 Å². The molecule has 0 aromatic heterocycles. The fourth-order valence-corrected chi connectivity index (χ4v) is 3.65. The highest BCUT2D eigenvalue weighted by Gasteiger charge is 2.33. The average molecular weight is 288 g/mol. The van der Waals surface area contributed by atoms with E-state index in [1.165, 1.54) is 6.07 Å². The van der Waals surface area contributed by atoms with Crippen molar-refractivity contribution in [2.45, 2.75) is 30.2 Å². The van der Waals surface area contributed by atoms with Crippen LogP contribution in [0.15, 0.2) is 23.1 Å². The molecule has 2 rings (SSSR count). The molecule has 1 aromatic carbocycles. The molecule has 0 bridgehead atoms. The molecule has 0 saturated carbocycles. The lowest BCUT2D eigenvalue weighted by Gasteiger charge is -2.34. The molecule has 3 N–H and O–H groups in total. The van der Waals surface area contributed by atoms with Crippen molar-refractivity contribution in [2.75, 3.05) is 18.9 Å². The summed E-state index contributed by atoms with van der Waals surface area (Å²) in [4.78, 5) is -0.0957. The number of rotatable bonds is 3. The molecule has 0 unspecified atom stereocenters. The van der Waals surface area contributed by atoms with Gasteiger partial charge < -0.3 is 10.5 Å². The molecule has 19 heavy (non-hydrogen) atoms. The van der Waals surface area contributed by atoms with E-state index >= 15 is 0 Å². The van der Waals surface area contributed by atoms with Gasteiger partial charge in [0, 0.05) is 18.8 Å². The predicted molar refractivity (Wildman–Crippen MR) is 69.6 cm³/mol. The fourth-order valence-electron chi connectivity index (χ4n) is 2.07. The number of hydrogen-bond acceptors (Lipinski definition) is 4. The zero-order valence-electron chi connectivity index (χ0n) is 10.6. The molecule has 1 fully saturated rings. The average Bonchev–Trinajstić information content (AvgIpc) is 2.27. The normalized spacial score (nSPS) is 19.3. The summed E-state index contributed by atoms with van der Waals surface area (Å²) in [6.07, 6.45) is 1.18. The highest BCUT2D eigenvalue weighted by molar-refractivity contribution is 7.89. The van der Waals surface area contributed by atoms with Crippen molar-refractivity contribution in [3.8, 4) is 0 Å². The third-order valence-corrected chi connectivity index (χ3v) is 4.95. The maximum absolute atomic E-state index is 13.0. The highest BCUT2D eigenvalue weighted by Crippen LogP contribution is 2.25. The van der Waals surface area contributed by atoms with Gasteiger partial charge in [0.05, 0.1) is 5.69 Å². The summed E-state index contributed by atoms with van der Waals surface area (Å²) in [6.45, 7) is 2.85. The van der Waals surface area contributed by atoms with E-state index in [-0.39, 0.29) is 10.6 Å². The van der Waals surface area contributed by atoms with Gasteiger partial charge in [0.2, 0.25) is 10.0 Å². The first kappa shape index (κ1) is 14.2. The Morgan fingerprint density at radius 1 is 1.37 bits per heavy atom. The Morgan fingerprint density at radius 2 is 2.00 bits per heavy atom. The van der Waals surface area contributed by atoms with E-state index in [9.17, 15) is 12.8 Å². The molecule has 1 saturated heterocycles. The first-order valence-corrected chi connectivity index (χ1v) is 7.47. The van der Waals surface area contributed by atoms with Gasteiger partial charge >= 0.3 is 0 Å². The van der Waals surface area contributed by atoms with Gasteiger partial charge in [-0.3, -0.25) is 0 Å². The Kier molecular flexibility index (Phi) is 3.80. The molecular formula is C12H17FN2O3S. The summed E-state index contributed by atoms with van der Waals surface area (Å²) >= 11 is 0. The number of anilines is 1. The van der Waals surface area contributed by atoms with E-state index in [1.54, 1.807) is 0 Å². The van der Waals surface area contributed by atoms with Gasteiger partial charge in [0.15, 0.2) is 0 Å². The van der Waals surface area contributed by atoms with Crippen LogP contribution in [0.5, 0.6) is 0 Å². The van der Waals surface area contributed by atoms with Crippen molar-refractivity contribution >= 4 is 15.7 Å². The number of nitrogen functional groups attached to an aromatic ring is 1. The van der Waals surface area contributed by atoms with Crippen LogP contribution in [0.1, 0.15) is 19.8 Å². The van der Waals surface area contributed by atoms with Crippen LogP contribution in [0.2, 0.25) is 0 Å². The lowest BCUT2D eigenvalue weighted by Crippen LogP contribution is -2.49. The third kappa shape index (κ3) is 3.23. The highest BCUT2D eigenvalue weighted by atomic mass is 32.2. The first-order valence-electron chi connectivity index (χ1n) is 5.99. The Morgan fingerprint density at radius 3 is 2.58 bits per heavy atom. The van der Waals surface area contributed by atoms with E-state index in [2.05, 4.69) is 4.72 Å². The van der Waals surface area contributed by atoms with Gasteiger partial charge in [0.25, 0.3) is 0 Å². The van der Waals surface area contributed by atoms with Crippen LogP contribution in [0.3, 0.4) is 0 Å². The van der Waals surface area contributed by atoms with Crippen LogP contribution in [0.4, 0.5) is 10.1 Å². The zero-order chi connectivity index (χ0) is 14.1. The minimum atomic E-state index is -3.76. The molecule has 1 aliphatic rings. The summed E-state index contributed by atoms with van der Waals surface area (Å²) < 4.78 is 45.4. The van der Waals surface area contributed by atoms with E-state index in [0.29, 0.717) is 26.1 Å². The smallest absolute Gasteiger partial charge is 0.243 e. The number of nitrogens with two attached hydrogens (primary N) is 1. The largest absolute Gasteiger partial charge is 0.398 e. The topological polar surface area (TPSA) is 81.4 Å². The van der Waals surface area contributed by atoms with Gasteiger partial charge in [-0.1, -0.05) is 0 Å². The number of hydrogen-bond donors (Lipinski definition) is 2. The van der Waals surface area contributed by atoms with Gasteiger partial charge in [0.1, 0.15) is 10.7 Å². The van der Waals surface area contributed by atoms with Gasteiger partial charge in [-0.15, -0.1) is 0 Å². The van der Waals surface area contributed by atoms with Crippen molar-refractivity contribution in [1.82, 2.24) is 4.72 Å². The number of nitrogens with one attached hydrogen (secondary N) is 1. The zero-order valence-corrected chi connectivity index (χ0v) is 11.5. The van der Waals surface area contributed by atoms with Crippen LogP contribution >= 0.6 is 0 Å². The molecule has 1 aromatic rings. The van der Waals surface area contributed by atoms with Crippen LogP contribution in [0.25, 0.3) is 0 Å². The molecule has 0 atom stereocenters. The lowest BCUT2D eigenvalue weighted by molar-refractivity contribution is 0.0537. The van der Waals surface area contributed by atoms with Crippen molar-refractivity contribution in [1.29, 1.82) is 0 Å². The molecule has 1 aliphatic heterocycles. The monoisotopic (exact) mass is 288 g/mol. The standard InChI is InChI=1S/C12H17FN2O3S/c1-12(4-6-18-7-5-12)15-19(16,17)11-3-2-9(13)8-10(11)14/h2-3,8,15H,4-7,14H2,1H3. The van der Waals surface area contributed by atoms with E-state index < -0.39 is 21.4 Å². The van der Waals surface area contributed by atoms with Crippen molar-refractivity contribution < 1.29 is 17.5 Å². The number of benzene rings is 1. The quantitative estimate of drug-likeness (QED) is 0.820. The van der Waals surface area contributed by atoms with E-state index in [4.69, 9.17) is 10.5 Å². The number of sulfonamides is 1.